The number of hydrogen-bond acceptors (Lipinski definition) is 3. The summed E-state index contributed by atoms with van der Waals surface area (Å²) in [6.07, 6.45) is 0. The number of anilines is 1. The Hall–Kier alpha value is -3.01. The van der Waals surface area contributed by atoms with Crippen LogP contribution in [-0.4, -0.2) is 10.5 Å². The van der Waals surface area contributed by atoms with Crippen LogP contribution in [-0.2, 0) is 0 Å². The monoisotopic (exact) mass is 290 g/mol. The highest BCUT2D eigenvalue weighted by atomic mass is 16.3. The molecule has 0 saturated heterocycles. The van der Waals surface area contributed by atoms with Crippen LogP contribution in [0.15, 0.2) is 59.0 Å². The summed E-state index contributed by atoms with van der Waals surface area (Å²) in [7, 11) is 0. The number of nitrogen functional groups attached to an aromatic ring is 1. The number of rotatable bonds is 1. The smallest absolute Gasteiger partial charge is 0.298 e. The molecule has 4 rings (SSSR count). The number of furan rings is 1. The van der Waals surface area contributed by atoms with Crippen LogP contribution in [0.4, 0.5) is 5.69 Å². The van der Waals surface area contributed by atoms with Gasteiger partial charge in [-0.2, -0.15) is 0 Å². The predicted molar refractivity (Wildman–Crippen MR) is 87.0 cm³/mol. The van der Waals surface area contributed by atoms with E-state index in [1.54, 1.807) is 16.7 Å². The van der Waals surface area contributed by atoms with E-state index in [9.17, 15) is 4.79 Å². The molecule has 0 atom stereocenters. The molecule has 4 aromatic rings. The van der Waals surface area contributed by atoms with E-state index >= 15 is 0 Å². The summed E-state index contributed by atoms with van der Waals surface area (Å²) in [6.45, 7) is 1.90. The quantitative estimate of drug-likeness (QED) is 0.540. The molecule has 0 amide bonds. The molecule has 2 heterocycles. The van der Waals surface area contributed by atoms with Crippen molar-refractivity contribution in [3.05, 3.63) is 66.1 Å². The second-order valence-electron chi connectivity index (χ2n) is 5.39. The zero-order valence-corrected chi connectivity index (χ0v) is 12.0. The van der Waals surface area contributed by atoms with Crippen molar-refractivity contribution in [1.29, 1.82) is 0 Å². The number of nitrogens with zero attached hydrogens (tertiary/aromatic N) is 1. The molecule has 4 nitrogen and oxygen atoms in total. The maximum Gasteiger partial charge on any atom is 0.298 e. The summed E-state index contributed by atoms with van der Waals surface area (Å²) >= 11 is 0. The molecule has 0 saturated carbocycles. The third-order valence-electron chi connectivity index (χ3n) is 3.85. The Kier molecular flexibility index (Phi) is 2.60. The summed E-state index contributed by atoms with van der Waals surface area (Å²) in [4.78, 5) is 12.8. The Morgan fingerprint density at radius 3 is 2.68 bits per heavy atom. The van der Waals surface area contributed by atoms with E-state index in [-0.39, 0.29) is 5.91 Å². The molecule has 0 aliphatic carbocycles. The number of para-hydroxylation sites is 1. The maximum absolute atomic E-state index is 12.8. The minimum Gasteiger partial charge on any atom is -0.451 e. The number of hydrogen-bond donors (Lipinski definition) is 1. The number of aryl methyl sites for hydroxylation is 1. The Bertz CT molecular complexity index is 991. The van der Waals surface area contributed by atoms with Gasteiger partial charge < -0.3 is 10.2 Å². The first kappa shape index (κ1) is 12.7. The molecule has 4 heteroatoms. The molecule has 0 radical (unpaired) electrons. The van der Waals surface area contributed by atoms with Gasteiger partial charge in [-0.1, -0.05) is 18.2 Å². The Morgan fingerprint density at radius 1 is 1.05 bits per heavy atom. The van der Waals surface area contributed by atoms with Gasteiger partial charge in [0, 0.05) is 22.2 Å². The van der Waals surface area contributed by atoms with Crippen LogP contribution >= 0.6 is 0 Å². The minimum absolute atomic E-state index is 0.173. The number of fused-ring (bicyclic) bond motifs is 2. The van der Waals surface area contributed by atoms with Gasteiger partial charge >= 0.3 is 0 Å². The lowest BCUT2D eigenvalue weighted by Gasteiger charge is -2.04. The molecule has 0 fully saturated rings. The number of benzene rings is 2. The normalized spacial score (nSPS) is 11.3. The molecule has 2 N–H and O–H groups in total. The van der Waals surface area contributed by atoms with Gasteiger partial charge in [-0.05, 0) is 43.3 Å². The fourth-order valence-electron chi connectivity index (χ4n) is 2.84. The fourth-order valence-corrected chi connectivity index (χ4v) is 2.84. The van der Waals surface area contributed by atoms with Crippen LogP contribution in [0.5, 0.6) is 0 Å². The minimum atomic E-state index is -0.173. The summed E-state index contributed by atoms with van der Waals surface area (Å²) in [5.41, 5.74) is 8.89. The Labute approximate surface area is 126 Å². The maximum atomic E-state index is 12.8. The van der Waals surface area contributed by atoms with Gasteiger partial charge in [0.1, 0.15) is 5.58 Å². The molecule has 0 bridgehead atoms. The van der Waals surface area contributed by atoms with E-state index in [0.717, 1.165) is 22.0 Å². The van der Waals surface area contributed by atoms with E-state index in [4.69, 9.17) is 10.2 Å². The van der Waals surface area contributed by atoms with Gasteiger partial charge in [-0.3, -0.25) is 9.36 Å². The molecular formula is C18H14N2O2. The van der Waals surface area contributed by atoms with Crippen molar-refractivity contribution in [3.63, 3.8) is 0 Å². The molecule has 0 spiro atoms. The Morgan fingerprint density at radius 2 is 1.86 bits per heavy atom. The van der Waals surface area contributed by atoms with E-state index in [1.165, 1.54) is 0 Å². The summed E-state index contributed by atoms with van der Waals surface area (Å²) in [5.74, 6) is 0.159. The first-order valence-corrected chi connectivity index (χ1v) is 7.04. The lowest BCUT2D eigenvalue weighted by Crippen LogP contribution is -2.12. The lowest BCUT2D eigenvalue weighted by atomic mass is 10.2. The molecule has 0 aliphatic heterocycles. The Balaban J connectivity index is 1.90. The van der Waals surface area contributed by atoms with Crippen LogP contribution in [0.3, 0.4) is 0 Å². The van der Waals surface area contributed by atoms with Gasteiger partial charge in [0.15, 0.2) is 5.76 Å². The third-order valence-corrected chi connectivity index (χ3v) is 3.85. The highest BCUT2D eigenvalue weighted by Crippen LogP contribution is 2.25. The van der Waals surface area contributed by atoms with Crippen LogP contribution in [0.1, 0.15) is 16.2 Å². The van der Waals surface area contributed by atoms with Crippen molar-refractivity contribution in [1.82, 2.24) is 4.57 Å². The molecule has 2 aromatic heterocycles. The SMILES string of the molecule is Cc1cc2cc(N)ccc2n1C(=O)c1cc2ccccc2o1. The van der Waals surface area contributed by atoms with Crippen LogP contribution < -0.4 is 5.73 Å². The molecule has 108 valence electrons. The van der Waals surface area contributed by atoms with Gasteiger partial charge in [0.2, 0.25) is 0 Å². The second-order valence-corrected chi connectivity index (χ2v) is 5.39. The van der Waals surface area contributed by atoms with Crippen molar-refractivity contribution in [2.45, 2.75) is 6.92 Å². The zero-order valence-electron chi connectivity index (χ0n) is 12.0. The number of aromatic nitrogens is 1. The third kappa shape index (κ3) is 1.81. The van der Waals surface area contributed by atoms with Crippen LogP contribution in [0, 0.1) is 6.92 Å². The predicted octanol–water partition coefficient (Wildman–Crippen LogP) is 3.97. The van der Waals surface area contributed by atoms with Crippen molar-refractivity contribution in [2.24, 2.45) is 0 Å². The lowest BCUT2D eigenvalue weighted by molar-refractivity contribution is 0.0938. The van der Waals surface area contributed by atoms with E-state index in [1.807, 2.05) is 49.4 Å². The molecule has 0 unspecified atom stereocenters. The summed E-state index contributed by atoms with van der Waals surface area (Å²) in [5, 5.41) is 1.87. The van der Waals surface area contributed by atoms with Gasteiger partial charge in [0.05, 0.1) is 5.52 Å². The highest BCUT2D eigenvalue weighted by Gasteiger charge is 2.18. The van der Waals surface area contributed by atoms with Gasteiger partial charge in [0.25, 0.3) is 5.91 Å². The van der Waals surface area contributed by atoms with Gasteiger partial charge in [-0.25, -0.2) is 0 Å². The molecular weight excluding hydrogens is 276 g/mol. The van der Waals surface area contributed by atoms with E-state index < -0.39 is 0 Å². The molecule has 22 heavy (non-hydrogen) atoms. The fraction of sp³-hybridized carbons (Fsp3) is 0.0556. The molecule has 2 aromatic carbocycles. The van der Waals surface area contributed by atoms with E-state index in [2.05, 4.69) is 0 Å². The first-order valence-electron chi connectivity index (χ1n) is 7.04. The number of nitrogens with two attached hydrogens (primary N) is 1. The van der Waals surface area contributed by atoms with E-state index in [0.29, 0.717) is 17.0 Å². The average Bonchev–Trinajstić information content (AvgIpc) is 3.06. The highest BCUT2D eigenvalue weighted by molar-refractivity contribution is 6.03. The van der Waals surface area contributed by atoms with Gasteiger partial charge in [-0.15, -0.1) is 0 Å². The topological polar surface area (TPSA) is 61.2 Å². The van der Waals surface area contributed by atoms with Crippen LogP contribution in [0.2, 0.25) is 0 Å². The zero-order chi connectivity index (χ0) is 15.3. The number of carbonyl (C=O) groups is 1. The second kappa shape index (κ2) is 4.49. The largest absolute Gasteiger partial charge is 0.451 e. The van der Waals surface area contributed by atoms with Crippen molar-refractivity contribution in [2.75, 3.05) is 5.73 Å². The average molecular weight is 290 g/mol. The number of carbonyl (C=O) groups excluding carboxylic acids is 1. The van der Waals surface area contributed by atoms with Crippen molar-refractivity contribution >= 4 is 33.5 Å². The van der Waals surface area contributed by atoms with Crippen molar-refractivity contribution < 1.29 is 9.21 Å². The summed E-state index contributed by atoms with van der Waals surface area (Å²) < 4.78 is 7.35. The molecule has 0 aliphatic rings. The van der Waals surface area contributed by atoms with Crippen molar-refractivity contribution in [3.8, 4) is 0 Å². The summed E-state index contributed by atoms with van der Waals surface area (Å²) in [6, 6.07) is 16.8. The van der Waals surface area contributed by atoms with Crippen LogP contribution in [0.25, 0.3) is 21.9 Å². The first-order chi connectivity index (χ1) is 10.6. The standard InChI is InChI=1S/C18H14N2O2/c1-11-8-13-9-14(19)6-7-15(13)20(11)18(21)17-10-12-4-2-3-5-16(12)22-17/h2-10H,19H2,1H3.